The second-order valence-corrected chi connectivity index (χ2v) is 4.05. The van der Waals surface area contributed by atoms with Crippen LogP contribution >= 0.6 is 0 Å². The summed E-state index contributed by atoms with van der Waals surface area (Å²) in [6.45, 7) is 4.52. The molecule has 1 rings (SSSR count). The molecule has 0 amide bonds. The first kappa shape index (κ1) is 14.1. The van der Waals surface area contributed by atoms with E-state index in [4.69, 9.17) is 10.5 Å². The number of pyridine rings is 1. The summed E-state index contributed by atoms with van der Waals surface area (Å²) in [5, 5.41) is 0. The van der Waals surface area contributed by atoms with E-state index in [1.807, 2.05) is 18.3 Å². The fourth-order valence-corrected chi connectivity index (χ4v) is 1.69. The Kier molecular flexibility index (Phi) is 7.54. The lowest BCUT2D eigenvalue weighted by molar-refractivity contribution is 0.147. The first-order chi connectivity index (χ1) is 8.36. The second kappa shape index (κ2) is 9.10. The van der Waals surface area contributed by atoms with E-state index in [1.165, 1.54) is 0 Å². The molecule has 17 heavy (non-hydrogen) atoms. The summed E-state index contributed by atoms with van der Waals surface area (Å²) >= 11 is 0. The number of nitrogens with two attached hydrogens (primary N) is 1. The molecule has 0 radical (unpaired) electrons. The Bertz CT molecular complexity index is 271. The van der Waals surface area contributed by atoms with Crippen LogP contribution in [0.4, 0.5) is 0 Å². The number of aromatic nitrogens is 1. The topological polar surface area (TPSA) is 51.4 Å². The Morgan fingerprint density at radius 3 is 2.82 bits per heavy atom. The Labute approximate surface area is 104 Å². The summed E-state index contributed by atoms with van der Waals surface area (Å²) in [7, 11) is 1.74. The zero-order valence-electron chi connectivity index (χ0n) is 10.6. The van der Waals surface area contributed by atoms with Gasteiger partial charge in [-0.2, -0.15) is 0 Å². The zero-order valence-corrected chi connectivity index (χ0v) is 10.6. The Hall–Kier alpha value is -0.970. The van der Waals surface area contributed by atoms with Crippen molar-refractivity contribution in [2.45, 2.75) is 12.8 Å². The average Bonchev–Trinajstić information content (AvgIpc) is 2.39. The SMILES string of the molecule is COCCN(CCCN)CCc1ccccn1. The molecule has 4 heteroatoms. The van der Waals surface area contributed by atoms with Crippen LogP contribution in [0.3, 0.4) is 0 Å². The second-order valence-electron chi connectivity index (χ2n) is 4.05. The lowest BCUT2D eigenvalue weighted by atomic mass is 10.2. The van der Waals surface area contributed by atoms with Crippen molar-refractivity contribution in [3.63, 3.8) is 0 Å². The van der Waals surface area contributed by atoms with Gasteiger partial charge in [-0.25, -0.2) is 0 Å². The molecule has 1 aromatic rings. The lowest BCUT2D eigenvalue weighted by Gasteiger charge is -2.21. The largest absolute Gasteiger partial charge is 0.383 e. The first-order valence-electron chi connectivity index (χ1n) is 6.18. The van der Waals surface area contributed by atoms with E-state index in [0.29, 0.717) is 0 Å². The van der Waals surface area contributed by atoms with E-state index in [-0.39, 0.29) is 0 Å². The fourth-order valence-electron chi connectivity index (χ4n) is 1.69. The summed E-state index contributed by atoms with van der Waals surface area (Å²) in [6, 6.07) is 6.04. The van der Waals surface area contributed by atoms with Gasteiger partial charge in [-0.15, -0.1) is 0 Å². The Morgan fingerprint density at radius 2 is 2.18 bits per heavy atom. The summed E-state index contributed by atoms with van der Waals surface area (Å²) in [5.41, 5.74) is 6.68. The Morgan fingerprint density at radius 1 is 1.29 bits per heavy atom. The van der Waals surface area contributed by atoms with Crippen molar-refractivity contribution < 1.29 is 4.74 Å². The molecule has 96 valence electrons. The van der Waals surface area contributed by atoms with Gasteiger partial charge in [0.05, 0.1) is 6.61 Å². The molecular weight excluding hydrogens is 214 g/mol. The number of methoxy groups -OCH3 is 1. The molecule has 0 aliphatic heterocycles. The molecule has 0 unspecified atom stereocenters. The minimum atomic E-state index is 0.743. The molecule has 0 fully saturated rings. The fraction of sp³-hybridized carbons (Fsp3) is 0.615. The minimum Gasteiger partial charge on any atom is -0.383 e. The van der Waals surface area contributed by atoms with Crippen molar-refractivity contribution in [1.82, 2.24) is 9.88 Å². The molecule has 2 N–H and O–H groups in total. The van der Waals surface area contributed by atoms with Crippen LogP contribution < -0.4 is 5.73 Å². The third kappa shape index (κ3) is 6.36. The molecule has 0 aliphatic rings. The van der Waals surface area contributed by atoms with Crippen LogP contribution in [-0.2, 0) is 11.2 Å². The zero-order chi connectivity index (χ0) is 12.3. The lowest BCUT2D eigenvalue weighted by Crippen LogP contribution is -2.31. The molecule has 4 nitrogen and oxygen atoms in total. The van der Waals surface area contributed by atoms with E-state index < -0.39 is 0 Å². The van der Waals surface area contributed by atoms with Gasteiger partial charge < -0.3 is 15.4 Å². The van der Waals surface area contributed by atoms with Gasteiger partial charge in [0.15, 0.2) is 0 Å². The maximum Gasteiger partial charge on any atom is 0.0589 e. The van der Waals surface area contributed by atoms with Gasteiger partial charge in [0.2, 0.25) is 0 Å². The van der Waals surface area contributed by atoms with Crippen LogP contribution in [0.1, 0.15) is 12.1 Å². The monoisotopic (exact) mass is 237 g/mol. The highest BCUT2D eigenvalue weighted by atomic mass is 16.5. The van der Waals surface area contributed by atoms with E-state index >= 15 is 0 Å². The molecule has 0 bridgehead atoms. The van der Waals surface area contributed by atoms with Crippen LogP contribution in [0.2, 0.25) is 0 Å². The maximum atomic E-state index is 5.54. The third-order valence-electron chi connectivity index (χ3n) is 2.70. The van der Waals surface area contributed by atoms with E-state index in [1.54, 1.807) is 7.11 Å². The maximum absolute atomic E-state index is 5.54. The average molecular weight is 237 g/mol. The summed E-state index contributed by atoms with van der Waals surface area (Å²) in [6.07, 6.45) is 3.86. The number of hydrogen-bond donors (Lipinski definition) is 1. The standard InChI is InChI=1S/C13H23N3O/c1-17-12-11-16(9-4-7-14)10-6-13-5-2-3-8-15-13/h2-3,5,8H,4,6-7,9-12,14H2,1H3. The van der Waals surface area contributed by atoms with Gasteiger partial charge in [0.25, 0.3) is 0 Å². The molecule has 0 atom stereocenters. The van der Waals surface area contributed by atoms with Crippen LogP contribution in [0.15, 0.2) is 24.4 Å². The van der Waals surface area contributed by atoms with E-state index in [9.17, 15) is 0 Å². The number of ether oxygens (including phenoxy) is 1. The predicted molar refractivity (Wildman–Crippen MR) is 69.9 cm³/mol. The first-order valence-corrected chi connectivity index (χ1v) is 6.18. The van der Waals surface area contributed by atoms with Crippen molar-refractivity contribution in [2.24, 2.45) is 5.73 Å². The van der Waals surface area contributed by atoms with Crippen molar-refractivity contribution in [2.75, 3.05) is 39.9 Å². The number of hydrogen-bond acceptors (Lipinski definition) is 4. The molecule has 0 aromatic carbocycles. The van der Waals surface area contributed by atoms with Gasteiger partial charge in [-0.3, -0.25) is 4.98 Å². The Balaban J connectivity index is 2.31. The van der Waals surface area contributed by atoms with Crippen LogP contribution in [0, 0.1) is 0 Å². The van der Waals surface area contributed by atoms with Crippen molar-refractivity contribution in [3.05, 3.63) is 30.1 Å². The highest BCUT2D eigenvalue weighted by molar-refractivity contribution is 5.03. The highest BCUT2D eigenvalue weighted by Gasteiger charge is 2.04. The molecule has 0 spiro atoms. The van der Waals surface area contributed by atoms with Crippen LogP contribution in [0.5, 0.6) is 0 Å². The summed E-state index contributed by atoms with van der Waals surface area (Å²) in [4.78, 5) is 6.71. The molecule has 1 aromatic heterocycles. The van der Waals surface area contributed by atoms with Crippen molar-refractivity contribution in [1.29, 1.82) is 0 Å². The molecule has 0 saturated carbocycles. The van der Waals surface area contributed by atoms with E-state index in [0.717, 1.165) is 51.3 Å². The number of rotatable bonds is 9. The van der Waals surface area contributed by atoms with Gasteiger partial charge in [-0.1, -0.05) is 6.07 Å². The van der Waals surface area contributed by atoms with Gasteiger partial charge in [0, 0.05) is 38.5 Å². The van der Waals surface area contributed by atoms with Gasteiger partial charge in [-0.05, 0) is 31.6 Å². The van der Waals surface area contributed by atoms with Crippen molar-refractivity contribution in [3.8, 4) is 0 Å². The summed E-state index contributed by atoms with van der Waals surface area (Å²) < 4.78 is 5.12. The third-order valence-corrected chi connectivity index (χ3v) is 2.70. The smallest absolute Gasteiger partial charge is 0.0589 e. The van der Waals surface area contributed by atoms with Gasteiger partial charge >= 0.3 is 0 Å². The predicted octanol–water partition coefficient (Wildman–Crippen LogP) is 0.921. The van der Waals surface area contributed by atoms with Gasteiger partial charge in [0.1, 0.15) is 0 Å². The molecule has 0 saturated heterocycles. The quantitative estimate of drug-likeness (QED) is 0.694. The minimum absolute atomic E-state index is 0.743. The van der Waals surface area contributed by atoms with Crippen LogP contribution in [0.25, 0.3) is 0 Å². The number of nitrogens with zero attached hydrogens (tertiary/aromatic N) is 2. The summed E-state index contributed by atoms with van der Waals surface area (Å²) in [5.74, 6) is 0. The normalized spacial score (nSPS) is 11.0. The van der Waals surface area contributed by atoms with Crippen molar-refractivity contribution >= 4 is 0 Å². The van der Waals surface area contributed by atoms with E-state index in [2.05, 4.69) is 16.0 Å². The molecule has 1 heterocycles. The molecule has 0 aliphatic carbocycles. The molecular formula is C13H23N3O. The van der Waals surface area contributed by atoms with Crippen LogP contribution in [-0.4, -0.2) is 49.8 Å². The highest BCUT2D eigenvalue weighted by Crippen LogP contribution is 1.99.